The van der Waals surface area contributed by atoms with E-state index in [0.29, 0.717) is 0 Å². The summed E-state index contributed by atoms with van der Waals surface area (Å²) in [6, 6.07) is 0. The first-order valence-electron chi connectivity index (χ1n) is 2.30. The Morgan fingerprint density at radius 3 is 1.90 bits per heavy atom. The summed E-state index contributed by atoms with van der Waals surface area (Å²) in [6.45, 7) is 9.00. The van der Waals surface area contributed by atoms with Gasteiger partial charge in [0.1, 0.15) is 0 Å². The van der Waals surface area contributed by atoms with Gasteiger partial charge in [-0.25, -0.2) is 0 Å². The van der Waals surface area contributed by atoms with Crippen LogP contribution in [0.25, 0.3) is 0 Å². The van der Waals surface area contributed by atoms with Gasteiger partial charge < -0.3 is 0 Å². The van der Waals surface area contributed by atoms with E-state index in [2.05, 4.69) is 31.8 Å². The van der Waals surface area contributed by atoms with Crippen LogP contribution in [-0.4, -0.2) is 13.6 Å². The van der Waals surface area contributed by atoms with Gasteiger partial charge in [-0.1, -0.05) is 0 Å². The predicted molar refractivity (Wildman–Crippen MR) is 33.2 cm³/mol. The molecule has 2 nitrogen and oxygen atoms in total. The van der Waals surface area contributed by atoms with E-state index >= 15 is 0 Å². The van der Waals surface area contributed by atoms with Gasteiger partial charge in [0, 0.05) is 0 Å². The van der Waals surface area contributed by atoms with Crippen molar-refractivity contribution in [1.29, 1.82) is 0 Å². The summed E-state index contributed by atoms with van der Waals surface area (Å²) in [4.78, 5) is 15.0. The van der Waals surface area contributed by atoms with Gasteiger partial charge in [0.2, 0.25) is 0 Å². The van der Waals surface area contributed by atoms with Gasteiger partial charge in [0.25, 0.3) is 13.6 Å². The molecule has 0 spiro atoms. The Kier molecular flexibility index (Phi) is 13.7. The van der Waals surface area contributed by atoms with Crippen molar-refractivity contribution in [2.75, 3.05) is 0 Å². The molecule has 0 fully saturated rings. The van der Waals surface area contributed by atoms with E-state index in [-0.39, 0.29) is 0 Å². The Labute approximate surface area is 70.9 Å². The summed E-state index contributed by atoms with van der Waals surface area (Å²) >= 11 is 1.96. The molecule has 0 saturated carbocycles. The van der Waals surface area contributed by atoms with Crippen molar-refractivity contribution in [2.24, 2.45) is 0 Å². The van der Waals surface area contributed by atoms with E-state index in [4.69, 9.17) is 9.59 Å². The van der Waals surface area contributed by atoms with Crippen LogP contribution in [0.3, 0.4) is 0 Å². The van der Waals surface area contributed by atoms with Gasteiger partial charge in [0.05, 0.1) is 0 Å². The normalized spacial score (nSPS) is 11.9. The first-order valence-corrected chi connectivity index (χ1v) is 3.57. The fraction of sp³-hybridized carbons (Fsp3) is 0.143. The maximum absolute atomic E-state index is 7.50. The quantitative estimate of drug-likeness (QED) is 0.656. The molecule has 0 unspecified atom stereocenters. The first-order chi connectivity index (χ1) is 4.89. The third kappa shape index (κ3) is 7.46. The van der Waals surface area contributed by atoms with Gasteiger partial charge >= 0.3 is 47.4 Å². The van der Waals surface area contributed by atoms with Gasteiger partial charge in [-0.15, -0.1) is 0 Å². The molecule has 0 aromatic carbocycles. The van der Waals surface area contributed by atoms with Crippen molar-refractivity contribution in [1.82, 2.24) is 0 Å². The molecule has 1 aliphatic rings. The third-order valence-corrected chi connectivity index (χ3v) is 1.66. The maximum atomic E-state index is 7.50. The fourth-order valence-corrected chi connectivity index (χ4v) is 0.960. The van der Waals surface area contributed by atoms with E-state index in [1.54, 1.807) is 0 Å². The van der Waals surface area contributed by atoms with Crippen LogP contribution in [-0.2, 0) is 28.2 Å². The fourth-order valence-electron chi connectivity index (χ4n) is 0.416. The van der Waals surface area contributed by atoms with E-state index in [9.17, 15) is 0 Å². The van der Waals surface area contributed by atoms with Crippen molar-refractivity contribution in [2.45, 2.75) is 6.42 Å². The molecule has 0 aliphatic heterocycles. The summed E-state index contributed by atoms with van der Waals surface area (Å²) in [5.41, 5.74) is 0. The Morgan fingerprint density at radius 2 is 1.80 bits per heavy atom. The molecule has 10 heavy (non-hydrogen) atoms. The Morgan fingerprint density at radius 1 is 1.30 bits per heavy atom. The molecule has 0 bridgehead atoms. The summed E-state index contributed by atoms with van der Waals surface area (Å²) in [6.07, 6.45) is 7.60. The van der Waals surface area contributed by atoms with Crippen molar-refractivity contribution >= 4 is 13.6 Å². The zero-order chi connectivity index (χ0) is 8.41. The van der Waals surface area contributed by atoms with Gasteiger partial charge in [-0.3, -0.25) is 9.59 Å². The van der Waals surface area contributed by atoms with Crippen LogP contribution < -0.4 is 0 Å². The number of rotatable bonds is 0. The van der Waals surface area contributed by atoms with Crippen LogP contribution in [0.4, 0.5) is 0 Å². The van der Waals surface area contributed by atoms with Gasteiger partial charge in [-0.05, 0) is 0 Å². The SMILES string of the molecule is [C]=O.[C]=O.[Os][C]1=CC=CC1. The predicted octanol–water partition coefficient (Wildman–Crippen LogP) is 0.583. The zero-order valence-electron chi connectivity index (χ0n) is 5.11. The molecule has 3 heteroatoms. The monoisotopic (exact) mass is 313 g/mol. The van der Waals surface area contributed by atoms with E-state index in [0.717, 1.165) is 0 Å². The molecule has 4 radical (unpaired) electrons. The van der Waals surface area contributed by atoms with Gasteiger partial charge in [-0.2, -0.15) is 0 Å². The van der Waals surface area contributed by atoms with Crippen LogP contribution in [0.2, 0.25) is 0 Å². The standard InChI is InChI=1S/C5H5.2CO.Os/c1-2-4-5-3-1;2*1-2;/h1-3H,4H2;;;. The van der Waals surface area contributed by atoms with Crippen LogP contribution in [0, 0.1) is 0 Å². The summed E-state index contributed by atoms with van der Waals surface area (Å²) in [5.74, 6) is 0. The molecule has 53 valence electrons. The van der Waals surface area contributed by atoms with Crippen LogP contribution in [0.1, 0.15) is 6.42 Å². The zero-order valence-corrected chi connectivity index (χ0v) is 7.65. The first kappa shape index (κ1) is 12.2. The van der Waals surface area contributed by atoms with E-state index in [1.165, 1.54) is 10.5 Å². The summed E-state index contributed by atoms with van der Waals surface area (Å²) in [7, 11) is 0. The second kappa shape index (κ2) is 11.3. The Bertz CT molecular complexity index is 128. The van der Waals surface area contributed by atoms with Crippen LogP contribution in [0.5, 0.6) is 0 Å². The van der Waals surface area contributed by atoms with E-state index in [1.807, 2.05) is 18.6 Å². The molecular weight excluding hydrogens is 306 g/mol. The van der Waals surface area contributed by atoms with E-state index < -0.39 is 0 Å². The molecular formula is C7H5O2Os. The minimum absolute atomic E-state index is 1.18. The average Bonchev–Trinajstić information content (AvgIpc) is 2.48. The molecule has 0 heterocycles. The molecule has 0 saturated heterocycles. The molecule has 0 aromatic rings. The molecule has 0 aromatic heterocycles. The summed E-state index contributed by atoms with van der Waals surface area (Å²) < 4.78 is 1.50. The van der Waals surface area contributed by atoms with Crippen LogP contribution in [0.15, 0.2) is 22.4 Å². The van der Waals surface area contributed by atoms with Crippen LogP contribution >= 0.6 is 0 Å². The average molecular weight is 311 g/mol. The third-order valence-electron chi connectivity index (χ3n) is 0.717. The van der Waals surface area contributed by atoms with Crippen molar-refractivity contribution in [3.63, 3.8) is 0 Å². The molecule has 0 N–H and O–H groups in total. The molecule has 1 aliphatic carbocycles. The number of carbonyl (C=O) groups excluding carboxylic acids is 2. The molecule has 0 amide bonds. The van der Waals surface area contributed by atoms with Crippen molar-refractivity contribution < 1.29 is 28.2 Å². The number of hydrogen-bond donors (Lipinski definition) is 0. The number of hydrogen-bond acceptors (Lipinski definition) is 2. The minimum atomic E-state index is 1.18. The summed E-state index contributed by atoms with van der Waals surface area (Å²) in [5, 5.41) is 0. The van der Waals surface area contributed by atoms with Crippen molar-refractivity contribution in [3.8, 4) is 0 Å². The second-order valence-electron chi connectivity index (χ2n) is 1.23. The molecule has 1 rings (SSSR count). The number of allylic oxidation sites excluding steroid dienone is 4. The Balaban J connectivity index is 0. The van der Waals surface area contributed by atoms with Crippen molar-refractivity contribution in [3.05, 3.63) is 22.4 Å². The second-order valence-corrected chi connectivity index (χ2v) is 2.86. The topological polar surface area (TPSA) is 34.1 Å². The Hall–Kier alpha value is -0.544. The van der Waals surface area contributed by atoms with Gasteiger partial charge in [0.15, 0.2) is 0 Å². The molecule has 0 atom stereocenters.